The zero-order valence-electron chi connectivity index (χ0n) is 22.5. The van der Waals surface area contributed by atoms with Gasteiger partial charge in [0.1, 0.15) is 5.82 Å². The van der Waals surface area contributed by atoms with E-state index < -0.39 is 23.3 Å². The molecule has 1 amide bonds. The molecule has 1 aliphatic carbocycles. The van der Waals surface area contributed by atoms with Crippen molar-refractivity contribution in [3.8, 4) is 11.3 Å². The fourth-order valence-electron chi connectivity index (χ4n) is 6.40. The highest BCUT2D eigenvalue weighted by atomic mass is 19.2. The molecule has 2 aromatic carbocycles. The van der Waals surface area contributed by atoms with Gasteiger partial charge in [-0.05, 0) is 76.6 Å². The molecular weight excluding hydrogens is 500 g/mol. The first-order valence-electron chi connectivity index (χ1n) is 13.6. The number of carbonyl (C=O) groups is 1. The summed E-state index contributed by atoms with van der Waals surface area (Å²) in [4.78, 5) is 24.4. The van der Waals surface area contributed by atoms with Gasteiger partial charge in [0.15, 0.2) is 11.6 Å². The average molecular weight is 534 g/mol. The summed E-state index contributed by atoms with van der Waals surface area (Å²) in [6.07, 6.45) is 6.36. The zero-order chi connectivity index (χ0) is 27.5. The van der Waals surface area contributed by atoms with E-state index in [2.05, 4.69) is 27.8 Å². The molecule has 39 heavy (non-hydrogen) atoms. The largest absolute Gasteiger partial charge is 0.390 e. The Labute approximate surface area is 226 Å². The molecule has 2 aliphatic rings. The second-order valence-corrected chi connectivity index (χ2v) is 11.3. The lowest BCUT2D eigenvalue weighted by atomic mass is 9.83. The van der Waals surface area contributed by atoms with E-state index in [-0.39, 0.29) is 11.9 Å². The van der Waals surface area contributed by atoms with Gasteiger partial charge >= 0.3 is 0 Å². The van der Waals surface area contributed by atoms with Gasteiger partial charge < -0.3 is 19.1 Å². The number of halogens is 2. The summed E-state index contributed by atoms with van der Waals surface area (Å²) in [6.45, 7) is 3.86. The number of nitrogens with zero attached hydrogens (tertiary/aromatic N) is 5. The SMILES string of the molecule is Cc1ncn(C)c1-c1ccc2c(c1)nc(C1CCCC(=O)N1c1ccc(F)c(F)c1)n2C1CCC(C)(O)CC1. The normalized spacial score (nSPS) is 24.1. The standard InChI is InChI=1S/C30H33F2N5O2/c1-18-28(35(3)17-33-18)19-7-10-25-24(15-19)34-29(37(25)20-11-13-30(2,39)14-12-20)26-5-4-6-27(38)36(26)21-8-9-22(31)23(32)16-21/h7-10,15-17,20,26,39H,4-6,11-14H2,1-3H3. The van der Waals surface area contributed by atoms with Gasteiger partial charge in [-0.2, -0.15) is 0 Å². The molecule has 1 unspecified atom stereocenters. The predicted octanol–water partition coefficient (Wildman–Crippen LogP) is 6.15. The third-order valence-corrected chi connectivity index (χ3v) is 8.44. The molecule has 7 nitrogen and oxygen atoms in total. The number of hydrogen-bond donors (Lipinski definition) is 1. The zero-order valence-corrected chi connectivity index (χ0v) is 22.5. The Morgan fingerprint density at radius 3 is 2.51 bits per heavy atom. The fourth-order valence-corrected chi connectivity index (χ4v) is 6.40. The number of rotatable bonds is 4. The molecule has 0 spiro atoms. The molecule has 1 N–H and O–H groups in total. The van der Waals surface area contributed by atoms with Crippen LogP contribution in [0.2, 0.25) is 0 Å². The van der Waals surface area contributed by atoms with Crippen molar-refractivity contribution in [2.24, 2.45) is 7.05 Å². The number of amides is 1. The van der Waals surface area contributed by atoms with Gasteiger partial charge in [-0.1, -0.05) is 6.07 Å². The van der Waals surface area contributed by atoms with Gasteiger partial charge in [-0.25, -0.2) is 18.7 Å². The molecular formula is C30H33F2N5O2. The highest BCUT2D eigenvalue weighted by Gasteiger charge is 2.37. The molecule has 2 aromatic heterocycles. The fraction of sp³-hybridized carbons (Fsp3) is 0.433. The number of carbonyl (C=O) groups excluding carboxylic acids is 1. The van der Waals surface area contributed by atoms with Crippen molar-refractivity contribution < 1.29 is 18.7 Å². The molecule has 4 aromatic rings. The van der Waals surface area contributed by atoms with Crippen LogP contribution in [-0.2, 0) is 11.8 Å². The van der Waals surface area contributed by atoms with Gasteiger partial charge in [-0.3, -0.25) is 4.79 Å². The van der Waals surface area contributed by atoms with Crippen LogP contribution in [0, 0.1) is 18.6 Å². The summed E-state index contributed by atoms with van der Waals surface area (Å²) in [5.41, 5.74) is 4.34. The second kappa shape index (κ2) is 9.55. The van der Waals surface area contributed by atoms with E-state index in [1.165, 1.54) is 6.07 Å². The Kier molecular flexibility index (Phi) is 6.29. The Morgan fingerprint density at radius 2 is 1.82 bits per heavy atom. The van der Waals surface area contributed by atoms with E-state index in [4.69, 9.17) is 4.98 Å². The van der Waals surface area contributed by atoms with Gasteiger partial charge in [0, 0.05) is 36.8 Å². The maximum Gasteiger partial charge on any atom is 0.227 e. The smallest absolute Gasteiger partial charge is 0.227 e. The average Bonchev–Trinajstić information content (AvgIpc) is 3.44. The first-order valence-corrected chi connectivity index (χ1v) is 13.6. The van der Waals surface area contributed by atoms with Crippen molar-refractivity contribution >= 4 is 22.6 Å². The van der Waals surface area contributed by atoms with Crippen LogP contribution in [0.15, 0.2) is 42.7 Å². The van der Waals surface area contributed by atoms with Gasteiger partial charge in [-0.15, -0.1) is 0 Å². The van der Waals surface area contributed by atoms with Crippen LogP contribution in [0.3, 0.4) is 0 Å². The minimum absolute atomic E-state index is 0.0957. The van der Waals surface area contributed by atoms with Crippen LogP contribution < -0.4 is 4.90 Å². The summed E-state index contributed by atoms with van der Waals surface area (Å²) < 4.78 is 32.3. The number of benzene rings is 2. The number of imidazole rings is 2. The summed E-state index contributed by atoms with van der Waals surface area (Å²) in [5.74, 6) is -1.31. The highest BCUT2D eigenvalue weighted by Crippen LogP contribution is 2.43. The minimum atomic E-state index is -0.983. The third-order valence-electron chi connectivity index (χ3n) is 8.44. The maximum absolute atomic E-state index is 14.3. The lowest BCUT2D eigenvalue weighted by molar-refractivity contribution is -0.120. The van der Waals surface area contributed by atoms with Crippen LogP contribution in [0.5, 0.6) is 0 Å². The molecule has 1 aliphatic heterocycles. The van der Waals surface area contributed by atoms with Crippen LogP contribution in [0.4, 0.5) is 14.5 Å². The number of fused-ring (bicyclic) bond motifs is 1. The van der Waals surface area contributed by atoms with Crippen LogP contribution in [-0.4, -0.2) is 35.7 Å². The van der Waals surface area contributed by atoms with Crippen molar-refractivity contribution in [2.45, 2.75) is 76.5 Å². The van der Waals surface area contributed by atoms with Crippen molar-refractivity contribution in [3.05, 3.63) is 65.9 Å². The van der Waals surface area contributed by atoms with Gasteiger partial charge in [0.05, 0.1) is 40.4 Å². The second-order valence-electron chi connectivity index (χ2n) is 11.3. The third kappa shape index (κ3) is 4.52. The topological polar surface area (TPSA) is 76.2 Å². The van der Waals surface area contributed by atoms with Gasteiger partial charge in [0.25, 0.3) is 0 Å². The van der Waals surface area contributed by atoms with Crippen LogP contribution in [0.25, 0.3) is 22.3 Å². The summed E-state index contributed by atoms with van der Waals surface area (Å²) in [5, 5.41) is 10.6. The molecule has 0 radical (unpaired) electrons. The number of aromatic nitrogens is 4. The number of anilines is 1. The molecule has 0 bridgehead atoms. The molecule has 204 valence electrons. The lowest BCUT2D eigenvalue weighted by Crippen LogP contribution is -2.40. The quantitative estimate of drug-likeness (QED) is 0.342. The van der Waals surface area contributed by atoms with Crippen LogP contribution in [0.1, 0.15) is 75.5 Å². The van der Waals surface area contributed by atoms with Crippen molar-refractivity contribution in [1.29, 1.82) is 0 Å². The molecule has 1 saturated carbocycles. The van der Waals surface area contributed by atoms with E-state index in [1.54, 1.807) is 11.2 Å². The highest BCUT2D eigenvalue weighted by molar-refractivity contribution is 5.95. The summed E-state index contributed by atoms with van der Waals surface area (Å²) >= 11 is 0. The summed E-state index contributed by atoms with van der Waals surface area (Å²) in [6, 6.07) is 9.51. The Balaban J connectivity index is 1.51. The first kappa shape index (κ1) is 25.7. The molecule has 1 atom stereocenters. The molecule has 2 fully saturated rings. The monoisotopic (exact) mass is 533 g/mol. The van der Waals surface area contributed by atoms with E-state index in [9.17, 15) is 18.7 Å². The van der Waals surface area contributed by atoms with E-state index >= 15 is 0 Å². The molecule has 6 rings (SSSR count). The minimum Gasteiger partial charge on any atom is -0.390 e. The maximum atomic E-state index is 14.3. The van der Waals surface area contributed by atoms with Crippen molar-refractivity contribution in [2.75, 3.05) is 4.90 Å². The van der Waals surface area contributed by atoms with E-state index in [0.29, 0.717) is 37.8 Å². The van der Waals surface area contributed by atoms with E-state index in [0.717, 1.165) is 58.8 Å². The summed E-state index contributed by atoms with van der Waals surface area (Å²) in [7, 11) is 1.96. The number of piperidine rings is 1. The van der Waals surface area contributed by atoms with Gasteiger partial charge in [0.2, 0.25) is 5.91 Å². The first-order chi connectivity index (χ1) is 18.6. The number of hydrogen-bond acceptors (Lipinski definition) is 4. The lowest BCUT2D eigenvalue weighted by Gasteiger charge is -2.38. The molecule has 9 heteroatoms. The Hall–Kier alpha value is -3.59. The molecule has 1 saturated heterocycles. The molecule has 3 heterocycles. The number of aryl methyl sites for hydroxylation is 2. The number of aliphatic hydroxyl groups is 1. The Morgan fingerprint density at radius 1 is 1.05 bits per heavy atom. The van der Waals surface area contributed by atoms with Crippen LogP contribution >= 0.6 is 0 Å². The van der Waals surface area contributed by atoms with Crippen molar-refractivity contribution in [3.63, 3.8) is 0 Å². The predicted molar refractivity (Wildman–Crippen MR) is 145 cm³/mol. The Bertz CT molecular complexity index is 1540. The van der Waals surface area contributed by atoms with Crippen molar-refractivity contribution in [1.82, 2.24) is 19.1 Å². The van der Waals surface area contributed by atoms with E-state index in [1.807, 2.05) is 25.5 Å².